The van der Waals surface area contributed by atoms with Crippen molar-refractivity contribution in [2.45, 2.75) is 19.9 Å². The first-order valence-electron chi connectivity index (χ1n) is 10.0. The maximum Gasteiger partial charge on any atom is 0.317 e. The summed E-state index contributed by atoms with van der Waals surface area (Å²) in [5.74, 6) is 0. The smallest absolute Gasteiger partial charge is 0.317 e. The molecule has 1 aliphatic rings. The number of urea groups is 1. The molecular weight excluding hydrogens is 348 g/mol. The van der Waals surface area contributed by atoms with Crippen LogP contribution in [0, 0.1) is 6.92 Å². The number of aryl methyl sites for hydroxylation is 1. The van der Waals surface area contributed by atoms with Gasteiger partial charge in [0.1, 0.15) is 0 Å². The summed E-state index contributed by atoms with van der Waals surface area (Å²) < 4.78 is 0. The van der Waals surface area contributed by atoms with E-state index in [0.717, 1.165) is 44.7 Å². The lowest BCUT2D eigenvalue weighted by molar-refractivity contribution is 0.135. The molecular formula is C23H28N4O. The first-order chi connectivity index (χ1) is 13.7. The maximum absolute atomic E-state index is 12.5. The summed E-state index contributed by atoms with van der Waals surface area (Å²) in [5.41, 5.74) is 5.04. The number of aromatic nitrogens is 1. The van der Waals surface area contributed by atoms with Crippen LogP contribution in [0.5, 0.6) is 0 Å². The predicted molar refractivity (Wildman–Crippen MR) is 113 cm³/mol. The molecule has 4 rings (SSSR count). The van der Waals surface area contributed by atoms with E-state index in [1.165, 1.54) is 22.1 Å². The van der Waals surface area contributed by atoms with E-state index < -0.39 is 0 Å². The first kappa shape index (κ1) is 18.6. The Bertz CT molecular complexity index is 940. The summed E-state index contributed by atoms with van der Waals surface area (Å²) in [7, 11) is 0. The third-order valence-electron chi connectivity index (χ3n) is 5.49. The third kappa shape index (κ3) is 4.37. The van der Waals surface area contributed by atoms with Crippen LogP contribution >= 0.6 is 0 Å². The van der Waals surface area contributed by atoms with Crippen molar-refractivity contribution in [2.75, 3.05) is 32.7 Å². The van der Waals surface area contributed by atoms with E-state index in [0.29, 0.717) is 6.54 Å². The normalized spacial score (nSPS) is 15.1. The monoisotopic (exact) mass is 376 g/mol. The minimum atomic E-state index is 0.0510. The average molecular weight is 377 g/mol. The fraction of sp³-hybridized carbons (Fsp3) is 0.348. The number of piperazine rings is 1. The molecule has 5 nitrogen and oxygen atoms in total. The summed E-state index contributed by atoms with van der Waals surface area (Å²) in [4.78, 5) is 20.1. The lowest BCUT2D eigenvalue weighted by atomic mass is 10.1. The van der Waals surface area contributed by atoms with Gasteiger partial charge in [0.2, 0.25) is 0 Å². The van der Waals surface area contributed by atoms with Crippen LogP contribution in [0.2, 0.25) is 0 Å². The van der Waals surface area contributed by atoms with Gasteiger partial charge in [-0.15, -0.1) is 0 Å². The van der Waals surface area contributed by atoms with Gasteiger partial charge in [0, 0.05) is 56.4 Å². The van der Waals surface area contributed by atoms with Gasteiger partial charge in [-0.05, 0) is 30.5 Å². The molecule has 2 amide bonds. The van der Waals surface area contributed by atoms with Crippen LogP contribution in [0.25, 0.3) is 10.9 Å². The van der Waals surface area contributed by atoms with Crippen LogP contribution in [0.3, 0.4) is 0 Å². The molecule has 1 aliphatic heterocycles. The van der Waals surface area contributed by atoms with Crippen molar-refractivity contribution in [2.24, 2.45) is 0 Å². The van der Waals surface area contributed by atoms with E-state index in [2.05, 4.69) is 64.6 Å². The molecule has 0 aliphatic carbocycles. The molecule has 2 aromatic carbocycles. The van der Waals surface area contributed by atoms with Gasteiger partial charge in [0.25, 0.3) is 0 Å². The number of hydrogen-bond donors (Lipinski definition) is 2. The quantitative estimate of drug-likeness (QED) is 0.716. The molecule has 0 unspecified atom stereocenters. The maximum atomic E-state index is 12.5. The van der Waals surface area contributed by atoms with Gasteiger partial charge < -0.3 is 15.2 Å². The highest BCUT2D eigenvalue weighted by Crippen LogP contribution is 2.17. The summed E-state index contributed by atoms with van der Waals surface area (Å²) in [6.07, 6.45) is 2.88. The van der Waals surface area contributed by atoms with Crippen LogP contribution in [-0.2, 0) is 13.0 Å². The van der Waals surface area contributed by atoms with E-state index in [1.54, 1.807) is 0 Å². The number of carbonyl (C=O) groups excluding carboxylic acids is 1. The van der Waals surface area contributed by atoms with E-state index in [4.69, 9.17) is 0 Å². The zero-order chi connectivity index (χ0) is 19.3. The van der Waals surface area contributed by atoms with Gasteiger partial charge in [-0.3, -0.25) is 4.90 Å². The summed E-state index contributed by atoms with van der Waals surface area (Å²) in [6, 6.07) is 17.0. The lowest BCUT2D eigenvalue weighted by Crippen LogP contribution is -2.51. The Morgan fingerprint density at radius 2 is 1.89 bits per heavy atom. The molecule has 28 heavy (non-hydrogen) atoms. The van der Waals surface area contributed by atoms with Crippen molar-refractivity contribution in [3.63, 3.8) is 0 Å². The van der Waals surface area contributed by atoms with Gasteiger partial charge in [-0.1, -0.05) is 48.0 Å². The molecule has 2 N–H and O–H groups in total. The van der Waals surface area contributed by atoms with Crippen molar-refractivity contribution in [1.29, 1.82) is 0 Å². The Hall–Kier alpha value is -2.79. The Morgan fingerprint density at radius 1 is 1.07 bits per heavy atom. The van der Waals surface area contributed by atoms with Gasteiger partial charge >= 0.3 is 6.03 Å². The third-order valence-corrected chi connectivity index (χ3v) is 5.49. The molecule has 1 aromatic heterocycles. The highest BCUT2D eigenvalue weighted by Gasteiger charge is 2.20. The highest BCUT2D eigenvalue weighted by atomic mass is 16.2. The van der Waals surface area contributed by atoms with Crippen molar-refractivity contribution >= 4 is 16.9 Å². The van der Waals surface area contributed by atoms with E-state index in [1.807, 2.05) is 17.2 Å². The van der Waals surface area contributed by atoms with Crippen molar-refractivity contribution in [3.05, 3.63) is 71.4 Å². The number of aromatic amines is 1. The van der Waals surface area contributed by atoms with Crippen LogP contribution in [0.4, 0.5) is 4.79 Å². The number of carbonyl (C=O) groups is 1. The largest absolute Gasteiger partial charge is 0.361 e. The predicted octanol–water partition coefficient (Wildman–Crippen LogP) is 3.55. The zero-order valence-corrected chi connectivity index (χ0v) is 16.4. The Balaban J connectivity index is 1.22. The molecule has 1 saturated heterocycles. The second-order valence-corrected chi connectivity index (χ2v) is 7.59. The standard InChI is InChI=1S/C23H28N4O/c1-18-5-4-6-19(15-18)17-26-11-13-27(14-12-26)23(28)24-10-9-20-16-25-22-8-3-2-7-21(20)22/h2-8,15-16,25H,9-14,17H2,1H3,(H,24,28). The topological polar surface area (TPSA) is 51.4 Å². The molecule has 0 bridgehead atoms. The van der Waals surface area contributed by atoms with Crippen LogP contribution in [0.15, 0.2) is 54.7 Å². The van der Waals surface area contributed by atoms with Crippen molar-refractivity contribution in [1.82, 2.24) is 20.1 Å². The van der Waals surface area contributed by atoms with Gasteiger partial charge in [-0.2, -0.15) is 0 Å². The number of para-hydroxylation sites is 1. The fourth-order valence-electron chi connectivity index (χ4n) is 3.93. The van der Waals surface area contributed by atoms with Crippen LogP contribution in [0.1, 0.15) is 16.7 Å². The number of nitrogens with zero attached hydrogens (tertiary/aromatic N) is 2. The lowest BCUT2D eigenvalue weighted by Gasteiger charge is -2.34. The minimum absolute atomic E-state index is 0.0510. The SMILES string of the molecule is Cc1cccc(CN2CCN(C(=O)NCCc3c[nH]c4ccccc34)CC2)c1. The molecule has 5 heteroatoms. The van der Waals surface area contributed by atoms with Gasteiger partial charge in [0.05, 0.1) is 0 Å². The fourth-order valence-corrected chi connectivity index (χ4v) is 3.93. The van der Waals surface area contributed by atoms with E-state index in [9.17, 15) is 4.79 Å². The molecule has 0 spiro atoms. The molecule has 0 radical (unpaired) electrons. The highest BCUT2D eigenvalue weighted by molar-refractivity contribution is 5.83. The second-order valence-electron chi connectivity index (χ2n) is 7.59. The number of fused-ring (bicyclic) bond motifs is 1. The summed E-state index contributed by atoms with van der Waals surface area (Å²) >= 11 is 0. The van der Waals surface area contributed by atoms with Gasteiger partial charge in [0.15, 0.2) is 0 Å². The van der Waals surface area contributed by atoms with Crippen LogP contribution in [-0.4, -0.2) is 53.5 Å². The number of hydrogen-bond acceptors (Lipinski definition) is 2. The summed E-state index contributed by atoms with van der Waals surface area (Å²) in [6.45, 7) is 7.15. The van der Waals surface area contributed by atoms with E-state index >= 15 is 0 Å². The first-order valence-corrected chi connectivity index (χ1v) is 10.0. The Morgan fingerprint density at radius 3 is 2.71 bits per heavy atom. The zero-order valence-electron chi connectivity index (χ0n) is 16.4. The number of nitrogens with one attached hydrogen (secondary N) is 2. The Kier molecular flexibility index (Phi) is 5.63. The number of benzene rings is 2. The number of rotatable bonds is 5. The number of H-pyrrole nitrogens is 1. The minimum Gasteiger partial charge on any atom is -0.361 e. The number of amides is 2. The molecule has 0 saturated carbocycles. The molecule has 3 aromatic rings. The van der Waals surface area contributed by atoms with Crippen LogP contribution < -0.4 is 5.32 Å². The molecule has 0 atom stereocenters. The van der Waals surface area contributed by atoms with Gasteiger partial charge in [-0.25, -0.2) is 4.79 Å². The van der Waals surface area contributed by atoms with Crippen molar-refractivity contribution in [3.8, 4) is 0 Å². The van der Waals surface area contributed by atoms with E-state index in [-0.39, 0.29) is 6.03 Å². The molecule has 2 heterocycles. The second kappa shape index (κ2) is 8.48. The average Bonchev–Trinajstić information content (AvgIpc) is 3.12. The summed E-state index contributed by atoms with van der Waals surface area (Å²) in [5, 5.41) is 4.32. The van der Waals surface area contributed by atoms with Crippen molar-refractivity contribution < 1.29 is 4.79 Å². The Labute approximate surface area is 166 Å². The molecule has 1 fully saturated rings. The molecule has 146 valence electrons.